The Morgan fingerprint density at radius 1 is 0.750 bits per heavy atom. The van der Waals surface area contributed by atoms with E-state index in [4.69, 9.17) is 10.2 Å². The fourth-order valence-electron chi connectivity index (χ4n) is 6.24. The normalized spacial score (nSPS) is 13.1. The van der Waals surface area contributed by atoms with Gasteiger partial charge in [0.25, 0.3) is 0 Å². The number of aliphatic imine (C=N–C) groups is 1. The summed E-state index contributed by atoms with van der Waals surface area (Å²) < 4.78 is 6.45. The fraction of sp³-hybridized carbons (Fsp3) is 0.0930. The molecule has 5 nitrogen and oxygen atoms in total. The lowest BCUT2D eigenvalue weighted by Crippen LogP contribution is -2.15. The topological polar surface area (TPSA) is 77.3 Å². The standard InChI is InChI=1S/C29H20N2O.C14H16N2/c1-2-9-20(10-3-1)17-21-11-8-14-27-28(21)24-19-22(25-12-4-6-15-30-25)18-23(29(24)32-27)26-13-5-7-16-31-26;1-16-14(15)13-9-5-8-12(10-13)11-6-3-2-4-7-11/h1-16,18-19H,17H2;2-4,6-8,10H,5,9H2,1H3,(H2,15,16). The minimum atomic E-state index is 0.654. The molecule has 8 rings (SSSR count). The van der Waals surface area contributed by atoms with E-state index in [1.54, 1.807) is 7.05 Å². The van der Waals surface area contributed by atoms with Crippen LogP contribution in [0.3, 0.4) is 0 Å². The summed E-state index contributed by atoms with van der Waals surface area (Å²) in [7, 11) is 1.73. The largest absolute Gasteiger partial charge is 0.455 e. The molecule has 1 aliphatic carbocycles. The summed E-state index contributed by atoms with van der Waals surface area (Å²) in [6.45, 7) is 0. The van der Waals surface area contributed by atoms with Gasteiger partial charge >= 0.3 is 0 Å². The van der Waals surface area contributed by atoms with E-state index in [-0.39, 0.29) is 0 Å². The Labute approximate surface area is 280 Å². The average molecular weight is 625 g/mol. The van der Waals surface area contributed by atoms with E-state index in [1.807, 2.05) is 60.9 Å². The van der Waals surface area contributed by atoms with Gasteiger partial charge in [0.2, 0.25) is 0 Å². The molecule has 234 valence electrons. The van der Waals surface area contributed by atoms with Crippen molar-refractivity contribution in [1.29, 1.82) is 0 Å². The third-order valence-electron chi connectivity index (χ3n) is 8.61. The van der Waals surface area contributed by atoms with E-state index in [0.29, 0.717) is 5.84 Å². The van der Waals surface area contributed by atoms with Crippen LogP contribution in [0.4, 0.5) is 0 Å². The number of amidine groups is 1. The predicted octanol–water partition coefficient (Wildman–Crippen LogP) is 10.1. The van der Waals surface area contributed by atoms with Crippen molar-refractivity contribution in [2.75, 3.05) is 7.05 Å². The molecule has 3 heterocycles. The minimum absolute atomic E-state index is 0.654. The van der Waals surface area contributed by atoms with Crippen molar-refractivity contribution in [3.05, 3.63) is 174 Å². The molecule has 0 unspecified atom stereocenters. The highest BCUT2D eigenvalue weighted by Gasteiger charge is 2.18. The molecule has 2 N–H and O–H groups in total. The Hall–Kier alpha value is -6.07. The summed E-state index contributed by atoms with van der Waals surface area (Å²) in [6, 6.07) is 43.5. The number of nitrogens with zero attached hydrogens (tertiary/aromatic N) is 3. The third kappa shape index (κ3) is 6.58. The maximum absolute atomic E-state index is 6.45. The molecule has 1 aliphatic rings. The van der Waals surface area contributed by atoms with Crippen molar-refractivity contribution in [2.24, 2.45) is 10.7 Å². The molecule has 7 aromatic rings. The number of hydrogen-bond acceptors (Lipinski definition) is 4. The molecule has 0 saturated carbocycles. The maximum Gasteiger partial charge on any atom is 0.144 e. The number of rotatable bonds is 6. The molecule has 0 bridgehead atoms. The second kappa shape index (κ2) is 14.1. The molecular formula is C43H36N4O. The first kappa shape index (κ1) is 30.6. The highest BCUT2D eigenvalue weighted by Crippen LogP contribution is 2.40. The lowest BCUT2D eigenvalue weighted by atomic mass is 9.94. The van der Waals surface area contributed by atoms with Crippen molar-refractivity contribution in [3.8, 4) is 22.5 Å². The summed E-state index contributed by atoms with van der Waals surface area (Å²) in [4.78, 5) is 13.2. The quantitative estimate of drug-likeness (QED) is 0.148. The Morgan fingerprint density at radius 3 is 2.17 bits per heavy atom. The zero-order valence-corrected chi connectivity index (χ0v) is 26.9. The zero-order valence-electron chi connectivity index (χ0n) is 26.9. The van der Waals surface area contributed by atoms with Crippen LogP contribution in [-0.4, -0.2) is 22.9 Å². The van der Waals surface area contributed by atoms with Crippen LogP contribution in [0, 0.1) is 0 Å². The maximum atomic E-state index is 6.45. The lowest BCUT2D eigenvalue weighted by Gasteiger charge is -2.13. The number of hydrogen-bond donors (Lipinski definition) is 1. The Bertz CT molecular complexity index is 2250. The van der Waals surface area contributed by atoms with Gasteiger partial charge in [0.15, 0.2) is 0 Å². The molecule has 0 spiro atoms. The van der Waals surface area contributed by atoms with E-state index in [9.17, 15) is 0 Å². The van der Waals surface area contributed by atoms with Gasteiger partial charge in [0.05, 0.1) is 11.4 Å². The number of benzene rings is 4. The SMILES string of the molecule is CN=C(N)C1=CC(c2ccccc2)=CCC1.c1ccc(Cc2cccc3oc4c(-c5ccccn5)cc(-c5ccccn5)cc4c23)cc1. The van der Waals surface area contributed by atoms with Crippen LogP contribution in [0.5, 0.6) is 0 Å². The van der Waals surface area contributed by atoms with Crippen LogP contribution in [-0.2, 0) is 6.42 Å². The van der Waals surface area contributed by atoms with Crippen molar-refractivity contribution >= 4 is 33.3 Å². The van der Waals surface area contributed by atoms with Gasteiger partial charge in [-0.3, -0.25) is 15.0 Å². The fourth-order valence-corrected chi connectivity index (χ4v) is 6.24. The predicted molar refractivity (Wildman–Crippen MR) is 199 cm³/mol. The first-order valence-electron chi connectivity index (χ1n) is 16.2. The first-order chi connectivity index (χ1) is 23.7. The van der Waals surface area contributed by atoms with Crippen LogP contribution in [0.2, 0.25) is 0 Å². The third-order valence-corrected chi connectivity index (χ3v) is 8.61. The van der Waals surface area contributed by atoms with Crippen molar-refractivity contribution < 1.29 is 4.42 Å². The Balaban J connectivity index is 0.000000192. The second-order valence-electron chi connectivity index (χ2n) is 11.7. The van der Waals surface area contributed by atoms with Gasteiger partial charge in [-0.2, -0.15) is 0 Å². The summed E-state index contributed by atoms with van der Waals surface area (Å²) in [5.41, 5.74) is 17.6. The number of aromatic nitrogens is 2. The zero-order chi connectivity index (χ0) is 32.7. The minimum Gasteiger partial charge on any atom is -0.455 e. The van der Waals surface area contributed by atoms with E-state index in [0.717, 1.165) is 69.3 Å². The molecule has 0 amide bonds. The number of allylic oxidation sites excluding steroid dienone is 3. The molecule has 0 saturated heterocycles. The van der Waals surface area contributed by atoms with E-state index in [2.05, 4.69) is 106 Å². The van der Waals surface area contributed by atoms with Gasteiger partial charge in [-0.15, -0.1) is 0 Å². The summed E-state index contributed by atoms with van der Waals surface area (Å²) >= 11 is 0. The monoisotopic (exact) mass is 624 g/mol. The van der Waals surface area contributed by atoms with Crippen LogP contribution in [0.1, 0.15) is 29.5 Å². The van der Waals surface area contributed by atoms with Gasteiger partial charge in [0.1, 0.15) is 17.0 Å². The molecule has 5 heteroatoms. The van der Waals surface area contributed by atoms with E-state index < -0.39 is 0 Å². The molecule has 0 atom stereocenters. The second-order valence-corrected chi connectivity index (χ2v) is 11.7. The highest BCUT2D eigenvalue weighted by molar-refractivity contribution is 6.12. The van der Waals surface area contributed by atoms with Crippen LogP contribution < -0.4 is 5.73 Å². The van der Waals surface area contributed by atoms with Crippen molar-refractivity contribution in [3.63, 3.8) is 0 Å². The van der Waals surface area contributed by atoms with Gasteiger partial charge < -0.3 is 10.2 Å². The Kier molecular flexibility index (Phi) is 9.01. The lowest BCUT2D eigenvalue weighted by molar-refractivity contribution is 0.669. The summed E-state index contributed by atoms with van der Waals surface area (Å²) in [6.07, 6.45) is 10.9. The molecule has 48 heavy (non-hydrogen) atoms. The molecular weight excluding hydrogens is 589 g/mol. The number of fused-ring (bicyclic) bond motifs is 3. The van der Waals surface area contributed by atoms with Crippen molar-refractivity contribution in [1.82, 2.24) is 9.97 Å². The van der Waals surface area contributed by atoms with Gasteiger partial charge in [-0.25, -0.2) is 0 Å². The number of nitrogens with two attached hydrogens (primary N) is 1. The Morgan fingerprint density at radius 2 is 1.46 bits per heavy atom. The van der Waals surface area contributed by atoms with Crippen LogP contribution in [0.25, 0.3) is 50.0 Å². The molecule has 0 radical (unpaired) electrons. The van der Waals surface area contributed by atoms with Gasteiger partial charge in [0, 0.05) is 41.3 Å². The van der Waals surface area contributed by atoms with Gasteiger partial charge in [-0.1, -0.05) is 91.0 Å². The van der Waals surface area contributed by atoms with Crippen LogP contribution in [0.15, 0.2) is 167 Å². The van der Waals surface area contributed by atoms with E-state index in [1.165, 1.54) is 22.3 Å². The van der Waals surface area contributed by atoms with Gasteiger partial charge in [-0.05, 0) is 95.6 Å². The number of furan rings is 1. The highest BCUT2D eigenvalue weighted by atomic mass is 16.3. The molecule has 4 aromatic carbocycles. The molecule has 0 fully saturated rings. The molecule has 0 aliphatic heterocycles. The van der Waals surface area contributed by atoms with E-state index >= 15 is 0 Å². The average Bonchev–Trinajstić information content (AvgIpc) is 3.55. The summed E-state index contributed by atoms with van der Waals surface area (Å²) in [5, 5.41) is 2.25. The smallest absolute Gasteiger partial charge is 0.144 e. The summed E-state index contributed by atoms with van der Waals surface area (Å²) in [5.74, 6) is 0.654. The first-order valence-corrected chi connectivity index (χ1v) is 16.2. The molecule has 3 aromatic heterocycles. The van der Waals surface area contributed by atoms with Crippen LogP contribution >= 0.6 is 0 Å². The number of pyridine rings is 2. The van der Waals surface area contributed by atoms with Crippen molar-refractivity contribution in [2.45, 2.75) is 19.3 Å².